The molecule has 122 valence electrons. The van der Waals surface area contributed by atoms with Crippen molar-refractivity contribution < 1.29 is 23.0 Å². The Morgan fingerprint density at radius 3 is 2.77 bits per heavy atom. The first kappa shape index (κ1) is 16.8. The van der Waals surface area contributed by atoms with Crippen molar-refractivity contribution in [1.82, 2.24) is 15.3 Å². The van der Waals surface area contributed by atoms with E-state index in [1.807, 2.05) is 0 Å². The van der Waals surface area contributed by atoms with Gasteiger partial charge in [0.25, 0.3) is 0 Å². The molecule has 0 aliphatic carbocycles. The summed E-state index contributed by atoms with van der Waals surface area (Å²) in [5.41, 5.74) is 0.400. The van der Waals surface area contributed by atoms with Crippen LogP contribution in [-0.2, 0) is 15.0 Å². The monoisotopic (exact) mass is 352 g/mol. The zero-order valence-corrected chi connectivity index (χ0v) is 13.0. The van der Waals surface area contributed by atoms with E-state index in [4.69, 9.17) is 16.5 Å². The van der Waals surface area contributed by atoms with E-state index < -0.39 is 15.8 Å². The van der Waals surface area contributed by atoms with Crippen molar-refractivity contribution in [3.8, 4) is 0 Å². The topological polar surface area (TPSA) is 94.1 Å². The number of sulfonamides is 1. The van der Waals surface area contributed by atoms with Crippen molar-refractivity contribution in [2.45, 2.75) is 0 Å². The molecule has 0 atom stereocenters. The molecule has 0 spiro atoms. The molecule has 1 aliphatic heterocycles. The molecule has 1 heterocycles. The molecular weight excluding hydrogens is 339 g/mol. The smallest absolute Gasteiger partial charge is 0.208 e. The zero-order valence-electron chi connectivity index (χ0n) is 11.5. The van der Waals surface area contributed by atoms with Crippen LogP contribution in [0.3, 0.4) is 0 Å². The molecule has 0 saturated carbocycles. The lowest BCUT2D eigenvalue weighted by Gasteiger charge is -2.16. The number of benzene rings is 1. The van der Waals surface area contributed by atoms with Gasteiger partial charge >= 0.3 is 0 Å². The summed E-state index contributed by atoms with van der Waals surface area (Å²) in [5, 5.41) is 13.9. The molecular formula is C11H14ClFN4O4S. The summed E-state index contributed by atoms with van der Waals surface area (Å²) in [6.07, 6.45) is 2.44. The van der Waals surface area contributed by atoms with Crippen molar-refractivity contribution >= 4 is 27.3 Å². The van der Waals surface area contributed by atoms with Gasteiger partial charge in [-0.15, -0.1) is 4.94 Å². The number of hydroxylamine groups is 3. The highest BCUT2D eigenvalue weighted by atomic mass is 35.5. The van der Waals surface area contributed by atoms with E-state index in [1.165, 1.54) is 18.3 Å². The molecule has 0 radical (unpaired) electrons. The summed E-state index contributed by atoms with van der Waals surface area (Å²) in [4.78, 5) is 5.00. The molecule has 1 aromatic rings. The van der Waals surface area contributed by atoms with Gasteiger partial charge in [0, 0.05) is 13.1 Å². The minimum absolute atomic E-state index is 0.0854. The van der Waals surface area contributed by atoms with Gasteiger partial charge in [0.15, 0.2) is 5.82 Å². The molecule has 22 heavy (non-hydrogen) atoms. The Morgan fingerprint density at radius 2 is 2.14 bits per heavy atom. The van der Waals surface area contributed by atoms with E-state index in [1.54, 1.807) is 0 Å². The first-order valence-electron chi connectivity index (χ1n) is 6.08. The summed E-state index contributed by atoms with van der Waals surface area (Å²) < 4.78 is 37.2. The maximum Gasteiger partial charge on any atom is 0.208 e. The minimum Gasteiger partial charge on any atom is -0.365 e. The van der Waals surface area contributed by atoms with Crippen molar-refractivity contribution in [1.29, 1.82) is 0 Å². The average molecular weight is 353 g/mol. The van der Waals surface area contributed by atoms with Crippen molar-refractivity contribution in [3.63, 3.8) is 0 Å². The average Bonchev–Trinajstić information content (AvgIpc) is 2.78. The zero-order chi connectivity index (χ0) is 16.3. The van der Waals surface area contributed by atoms with Gasteiger partial charge in [-0.05, 0) is 18.2 Å². The molecule has 0 unspecified atom stereocenters. The molecule has 0 amide bonds. The Labute approximate surface area is 131 Å². The number of hydrogen-bond acceptors (Lipinski definition) is 7. The van der Waals surface area contributed by atoms with Crippen LogP contribution in [-0.4, -0.2) is 38.2 Å². The number of rotatable bonds is 6. The van der Waals surface area contributed by atoms with Gasteiger partial charge in [-0.1, -0.05) is 16.8 Å². The standard InChI is InChI=1S/C11H14ClFN4O4S/c1-22(19,20)15-5-4-14-11-7-16(21-17(11)18)8-2-3-10(13)9(12)6-8/h2-3,6-7,14-15,18H,4-5H2,1H3. The number of anilines is 1. The lowest BCUT2D eigenvalue weighted by atomic mass is 10.3. The minimum atomic E-state index is -3.27. The molecule has 8 nitrogen and oxygen atoms in total. The van der Waals surface area contributed by atoms with Crippen LogP contribution in [0.4, 0.5) is 10.1 Å². The normalized spacial score (nSPS) is 15.2. The van der Waals surface area contributed by atoms with Crippen LogP contribution in [0, 0.1) is 5.82 Å². The van der Waals surface area contributed by atoms with Crippen molar-refractivity contribution in [2.75, 3.05) is 24.4 Å². The third-order valence-corrected chi connectivity index (χ3v) is 3.58. The Bertz CT molecular complexity index is 685. The van der Waals surface area contributed by atoms with Gasteiger partial charge < -0.3 is 5.32 Å². The first-order chi connectivity index (χ1) is 10.3. The molecule has 0 aromatic heterocycles. The number of hydrogen-bond donors (Lipinski definition) is 3. The summed E-state index contributed by atoms with van der Waals surface area (Å²) in [6.45, 7) is 0.351. The van der Waals surface area contributed by atoms with E-state index in [-0.39, 0.29) is 23.9 Å². The largest absolute Gasteiger partial charge is 0.365 e. The molecule has 0 saturated heterocycles. The molecule has 1 aliphatic rings. The first-order valence-corrected chi connectivity index (χ1v) is 8.35. The molecule has 2 rings (SSSR count). The Kier molecular flexibility index (Phi) is 5.08. The van der Waals surface area contributed by atoms with Crippen LogP contribution in [0.5, 0.6) is 0 Å². The summed E-state index contributed by atoms with van der Waals surface area (Å²) in [6, 6.07) is 3.91. The van der Waals surface area contributed by atoms with Crippen molar-refractivity contribution in [3.05, 3.63) is 41.1 Å². The molecule has 11 heteroatoms. The third kappa shape index (κ3) is 4.45. The van der Waals surface area contributed by atoms with E-state index in [0.29, 0.717) is 10.9 Å². The highest BCUT2D eigenvalue weighted by molar-refractivity contribution is 7.88. The Hall–Kier alpha value is -1.59. The van der Waals surface area contributed by atoms with Crippen LogP contribution >= 0.6 is 11.6 Å². The van der Waals surface area contributed by atoms with Gasteiger partial charge in [-0.2, -0.15) is 5.06 Å². The van der Waals surface area contributed by atoms with Gasteiger partial charge in [0.1, 0.15) is 5.82 Å². The lowest BCUT2D eigenvalue weighted by Crippen LogP contribution is -2.33. The Morgan fingerprint density at radius 1 is 1.41 bits per heavy atom. The van der Waals surface area contributed by atoms with E-state index in [2.05, 4.69) is 10.0 Å². The van der Waals surface area contributed by atoms with E-state index in [9.17, 15) is 18.0 Å². The second-order valence-electron chi connectivity index (χ2n) is 4.39. The van der Waals surface area contributed by atoms with Crippen molar-refractivity contribution in [2.24, 2.45) is 0 Å². The van der Waals surface area contributed by atoms with E-state index >= 15 is 0 Å². The second kappa shape index (κ2) is 6.67. The van der Waals surface area contributed by atoms with E-state index in [0.717, 1.165) is 17.4 Å². The lowest BCUT2D eigenvalue weighted by molar-refractivity contribution is -0.306. The highest BCUT2D eigenvalue weighted by Crippen LogP contribution is 2.26. The number of nitrogens with zero attached hydrogens (tertiary/aromatic N) is 2. The molecule has 0 bridgehead atoms. The summed E-state index contributed by atoms with van der Waals surface area (Å²) in [5.74, 6) is -0.393. The van der Waals surface area contributed by atoms with Gasteiger partial charge in [-0.3, -0.25) is 5.21 Å². The number of nitrogens with one attached hydrogen (secondary N) is 2. The predicted octanol–water partition coefficient (Wildman–Crippen LogP) is 0.775. The molecule has 0 fully saturated rings. The molecule has 1 aromatic carbocycles. The SMILES string of the molecule is CS(=O)(=O)NCCNC1=CN(c2ccc(F)c(Cl)c2)ON1O. The third-order valence-electron chi connectivity index (χ3n) is 2.56. The van der Waals surface area contributed by atoms with Crippen LogP contribution in [0.25, 0.3) is 0 Å². The van der Waals surface area contributed by atoms with Gasteiger partial charge in [-0.25, -0.2) is 17.5 Å². The van der Waals surface area contributed by atoms with Gasteiger partial charge in [0.2, 0.25) is 10.0 Å². The summed E-state index contributed by atoms with van der Waals surface area (Å²) >= 11 is 5.68. The maximum absolute atomic E-state index is 13.1. The highest BCUT2D eigenvalue weighted by Gasteiger charge is 2.23. The summed E-state index contributed by atoms with van der Waals surface area (Å²) in [7, 11) is -3.27. The fourth-order valence-corrected chi connectivity index (χ4v) is 2.24. The Balaban J connectivity index is 1.96. The molecule has 3 N–H and O–H groups in total. The maximum atomic E-state index is 13.1. The van der Waals surface area contributed by atoms with Crippen LogP contribution in [0.15, 0.2) is 30.2 Å². The quantitative estimate of drug-likeness (QED) is 0.651. The fourth-order valence-electron chi connectivity index (χ4n) is 1.60. The number of halogens is 2. The predicted molar refractivity (Wildman–Crippen MR) is 77.5 cm³/mol. The van der Waals surface area contributed by atoms with Crippen LogP contribution < -0.4 is 15.1 Å². The van der Waals surface area contributed by atoms with Crippen LogP contribution in [0.1, 0.15) is 0 Å². The second-order valence-corrected chi connectivity index (χ2v) is 6.63. The van der Waals surface area contributed by atoms with Crippen LogP contribution in [0.2, 0.25) is 5.02 Å². The van der Waals surface area contributed by atoms with Gasteiger partial charge in [0.05, 0.1) is 23.2 Å². The fraction of sp³-hybridized carbons (Fsp3) is 0.273.